The number of hydrogen-bond donors (Lipinski definition) is 2. The minimum Gasteiger partial charge on any atom is -0.475 e. The minimum atomic E-state index is -1.07. The van der Waals surface area contributed by atoms with Gasteiger partial charge >= 0.3 is 5.97 Å². The average Bonchev–Trinajstić information content (AvgIpc) is 2.88. The lowest BCUT2D eigenvalue weighted by Crippen LogP contribution is -2.14. The van der Waals surface area contributed by atoms with Crippen molar-refractivity contribution in [1.29, 1.82) is 5.26 Å². The van der Waals surface area contributed by atoms with Crippen molar-refractivity contribution in [2.45, 2.75) is 13.1 Å². The molecule has 0 aliphatic rings. The van der Waals surface area contributed by atoms with E-state index in [1.165, 1.54) is 6.26 Å². The molecule has 0 unspecified atom stereocenters. The van der Waals surface area contributed by atoms with Crippen molar-refractivity contribution in [3.63, 3.8) is 0 Å². The second kappa shape index (κ2) is 5.85. The van der Waals surface area contributed by atoms with E-state index in [9.17, 15) is 4.79 Å². The van der Waals surface area contributed by atoms with E-state index in [-0.39, 0.29) is 5.76 Å². The van der Waals surface area contributed by atoms with Gasteiger partial charge in [-0.25, -0.2) is 4.79 Å². The molecule has 0 amide bonds. The molecule has 0 aliphatic carbocycles. The van der Waals surface area contributed by atoms with Crippen LogP contribution in [0.3, 0.4) is 0 Å². The first-order valence-electron chi connectivity index (χ1n) is 5.70. The fourth-order valence-corrected chi connectivity index (χ4v) is 1.70. The summed E-state index contributed by atoms with van der Waals surface area (Å²) in [5.74, 6) is -1.10. The predicted molar refractivity (Wildman–Crippen MR) is 67.4 cm³/mol. The zero-order valence-electron chi connectivity index (χ0n) is 10.1. The third-order valence-corrected chi connectivity index (χ3v) is 2.67. The molecule has 0 aliphatic heterocycles. The standard InChI is InChI=1S/C14H12N2O3/c15-7-10-1-3-11(4-2-10)8-16-9-12-5-6-19-13(12)14(17)18/h1-6,16H,8-9H2,(H,17,18). The first-order valence-corrected chi connectivity index (χ1v) is 5.70. The quantitative estimate of drug-likeness (QED) is 0.855. The van der Waals surface area contributed by atoms with Gasteiger partial charge in [0, 0.05) is 18.7 Å². The zero-order valence-corrected chi connectivity index (χ0v) is 10.1. The Morgan fingerprint density at radius 3 is 2.63 bits per heavy atom. The molecule has 0 spiro atoms. The van der Waals surface area contributed by atoms with Crippen molar-refractivity contribution in [2.24, 2.45) is 0 Å². The Bertz CT molecular complexity index is 608. The van der Waals surface area contributed by atoms with E-state index >= 15 is 0 Å². The number of benzene rings is 1. The van der Waals surface area contributed by atoms with Crippen LogP contribution in [-0.2, 0) is 13.1 Å². The monoisotopic (exact) mass is 256 g/mol. The number of nitriles is 1. The second-order valence-electron chi connectivity index (χ2n) is 3.99. The van der Waals surface area contributed by atoms with Crippen molar-refractivity contribution in [2.75, 3.05) is 0 Å². The van der Waals surface area contributed by atoms with Crippen molar-refractivity contribution in [3.05, 3.63) is 59.0 Å². The molecule has 2 N–H and O–H groups in total. The molecule has 0 bridgehead atoms. The van der Waals surface area contributed by atoms with Crippen LogP contribution in [0.25, 0.3) is 0 Å². The minimum absolute atomic E-state index is 0.0349. The van der Waals surface area contributed by atoms with Crippen LogP contribution in [0.15, 0.2) is 41.0 Å². The summed E-state index contributed by atoms with van der Waals surface area (Å²) < 4.78 is 4.88. The molecule has 1 heterocycles. The van der Waals surface area contributed by atoms with E-state index in [0.29, 0.717) is 24.2 Å². The molecule has 0 atom stereocenters. The van der Waals surface area contributed by atoms with Crippen LogP contribution < -0.4 is 5.32 Å². The maximum absolute atomic E-state index is 10.8. The molecular formula is C14H12N2O3. The summed E-state index contributed by atoms with van der Waals surface area (Å²) in [6.07, 6.45) is 1.36. The number of nitrogens with one attached hydrogen (secondary N) is 1. The fourth-order valence-electron chi connectivity index (χ4n) is 1.70. The first-order chi connectivity index (χ1) is 9.20. The van der Waals surface area contributed by atoms with E-state index in [0.717, 1.165) is 5.56 Å². The highest BCUT2D eigenvalue weighted by molar-refractivity contribution is 5.86. The highest BCUT2D eigenvalue weighted by Gasteiger charge is 2.12. The van der Waals surface area contributed by atoms with Gasteiger partial charge in [0.25, 0.3) is 0 Å². The molecule has 1 aromatic carbocycles. The third kappa shape index (κ3) is 3.21. The molecule has 2 rings (SSSR count). The molecule has 2 aromatic rings. The molecular weight excluding hydrogens is 244 g/mol. The van der Waals surface area contributed by atoms with Crippen LogP contribution in [0, 0.1) is 11.3 Å². The lowest BCUT2D eigenvalue weighted by atomic mass is 10.1. The molecule has 96 valence electrons. The number of carboxylic acid groups (broad SMARTS) is 1. The van der Waals surface area contributed by atoms with E-state index in [2.05, 4.69) is 11.4 Å². The Morgan fingerprint density at radius 1 is 1.26 bits per heavy atom. The van der Waals surface area contributed by atoms with Gasteiger partial charge in [-0.15, -0.1) is 0 Å². The Balaban J connectivity index is 1.91. The van der Waals surface area contributed by atoms with Gasteiger partial charge in [0.15, 0.2) is 0 Å². The van der Waals surface area contributed by atoms with E-state index in [1.54, 1.807) is 18.2 Å². The predicted octanol–water partition coefficient (Wildman–Crippen LogP) is 2.14. The summed E-state index contributed by atoms with van der Waals surface area (Å²) in [4.78, 5) is 10.8. The van der Waals surface area contributed by atoms with E-state index in [1.807, 2.05) is 12.1 Å². The molecule has 19 heavy (non-hydrogen) atoms. The summed E-state index contributed by atoms with van der Waals surface area (Å²) in [6, 6.07) is 10.9. The van der Waals surface area contributed by atoms with Gasteiger partial charge < -0.3 is 14.8 Å². The lowest BCUT2D eigenvalue weighted by molar-refractivity contribution is 0.0660. The van der Waals surface area contributed by atoms with Gasteiger partial charge in [-0.3, -0.25) is 0 Å². The lowest BCUT2D eigenvalue weighted by Gasteiger charge is -2.04. The number of aromatic carboxylic acids is 1. The van der Waals surface area contributed by atoms with Crippen molar-refractivity contribution in [1.82, 2.24) is 5.32 Å². The molecule has 0 fully saturated rings. The Labute approximate surface area is 110 Å². The maximum atomic E-state index is 10.8. The van der Waals surface area contributed by atoms with Crippen LogP contribution in [0.1, 0.15) is 27.2 Å². The molecule has 0 saturated heterocycles. The fraction of sp³-hybridized carbons (Fsp3) is 0.143. The molecule has 5 heteroatoms. The number of hydrogen-bond acceptors (Lipinski definition) is 4. The summed E-state index contributed by atoms with van der Waals surface area (Å²) in [5, 5.41) is 20.7. The van der Waals surface area contributed by atoms with Crippen molar-refractivity contribution >= 4 is 5.97 Å². The van der Waals surface area contributed by atoms with Crippen LogP contribution in [0.5, 0.6) is 0 Å². The van der Waals surface area contributed by atoms with E-state index < -0.39 is 5.97 Å². The van der Waals surface area contributed by atoms with Crippen molar-refractivity contribution < 1.29 is 14.3 Å². The summed E-state index contributed by atoms with van der Waals surface area (Å²) in [6.45, 7) is 1.01. The maximum Gasteiger partial charge on any atom is 0.372 e. The van der Waals surface area contributed by atoms with Gasteiger partial charge in [0.05, 0.1) is 17.9 Å². The molecule has 0 saturated carbocycles. The van der Waals surface area contributed by atoms with Gasteiger partial charge in [-0.2, -0.15) is 5.26 Å². The SMILES string of the molecule is N#Cc1ccc(CNCc2ccoc2C(=O)O)cc1. The Hall–Kier alpha value is -2.58. The topological polar surface area (TPSA) is 86.3 Å². The zero-order chi connectivity index (χ0) is 13.7. The van der Waals surface area contributed by atoms with Gasteiger partial charge in [-0.05, 0) is 23.8 Å². The third-order valence-electron chi connectivity index (χ3n) is 2.67. The number of nitrogens with zero attached hydrogens (tertiary/aromatic N) is 1. The van der Waals surface area contributed by atoms with Gasteiger partial charge in [0.2, 0.25) is 5.76 Å². The number of rotatable bonds is 5. The van der Waals surface area contributed by atoms with Crippen LogP contribution in [0.2, 0.25) is 0 Å². The highest BCUT2D eigenvalue weighted by Crippen LogP contribution is 2.10. The normalized spacial score (nSPS) is 10.1. The summed E-state index contributed by atoms with van der Waals surface area (Å²) in [5.41, 5.74) is 2.26. The number of furan rings is 1. The average molecular weight is 256 g/mol. The smallest absolute Gasteiger partial charge is 0.372 e. The largest absolute Gasteiger partial charge is 0.475 e. The number of carbonyl (C=O) groups is 1. The number of carboxylic acids is 1. The van der Waals surface area contributed by atoms with E-state index in [4.69, 9.17) is 14.8 Å². The van der Waals surface area contributed by atoms with Crippen LogP contribution in [0.4, 0.5) is 0 Å². The van der Waals surface area contributed by atoms with Gasteiger partial charge in [-0.1, -0.05) is 12.1 Å². The van der Waals surface area contributed by atoms with Gasteiger partial charge in [0.1, 0.15) is 0 Å². The Morgan fingerprint density at radius 2 is 2.00 bits per heavy atom. The molecule has 5 nitrogen and oxygen atoms in total. The van der Waals surface area contributed by atoms with Crippen LogP contribution >= 0.6 is 0 Å². The first kappa shape index (κ1) is 12.9. The summed E-state index contributed by atoms with van der Waals surface area (Å²) in [7, 11) is 0. The second-order valence-corrected chi connectivity index (χ2v) is 3.99. The molecule has 1 aromatic heterocycles. The highest BCUT2D eigenvalue weighted by atomic mass is 16.4. The van der Waals surface area contributed by atoms with Crippen molar-refractivity contribution in [3.8, 4) is 6.07 Å². The Kier molecular flexibility index (Phi) is 3.96. The summed E-state index contributed by atoms with van der Waals surface area (Å²) >= 11 is 0. The van der Waals surface area contributed by atoms with Crippen LogP contribution in [-0.4, -0.2) is 11.1 Å². The molecule has 0 radical (unpaired) electrons.